The van der Waals surface area contributed by atoms with Crippen LogP contribution in [0.15, 0.2) is 35.2 Å². The first-order chi connectivity index (χ1) is 9.24. The molecule has 0 bridgehead atoms. The van der Waals surface area contributed by atoms with Crippen molar-refractivity contribution in [2.45, 2.75) is 36.6 Å². The molecular formula is C14H18N2O2S. The van der Waals surface area contributed by atoms with Crippen LogP contribution in [0.3, 0.4) is 0 Å². The minimum Gasteiger partial charge on any atom is -0.335 e. The van der Waals surface area contributed by atoms with Crippen molar-refractivity contribution in [3.63, 3.8) is 0 Å². The van der Waals surface area contributed by atoms with E-state index in [4.69, 9.17) is 0 Å². The van der Waals surface area contributed by atoms with Crippen LogP contribution in [-0.4, -0.2) is 23.7 Å². The number of benzene rings is 1. The van der Waals surface area contributed by atoms with E-state index >= 15 is 0 Å². The zero-order valence-corrected chi connectivity index (χ0v) is 11.5. The van der Waals surface area contributed by atoms with E-state index < -0.39 is 0 Å². The van der Waals surface area contributed by atoms with Crippen LogP contribution in [-0.2, 0) is 4.79 Å². The van der Waals surface area contributed by atoms with Gasteiger partial charge >= 0.3 is 6.03 Å². The van der Waals surface area contributed by atoms with Crippen LogP contribution in [0, 0.1) is 0 Å². The Kier molecular flexibility index (Phi) is 5.27. The molecule has 2 rings (SSSR count). The SMILES string of the molecule is O=C(CSc1ccccc1)NC(=O)NC1CCCC1. The predicted octanol–water partition coefficient (Wildman–Crippen LogP) is 2.55. The summed E-state index contributed by atoms with van der Waals surface area (Å²) in [5.41, 5.74) is 0. The maximum atomic E-state index is 11.6. The van der Waals surface area contributed by atoms with Crippen LogP contribution in [0.5, 0.6) is 0 Å². The molecule has 1 aliphatic carbocycles. The van der Waals surface area contributed by atoms with Gasteiger partial charge in [-0.2, -0.15) is 0 Å². The number of carbonyl (C=O) groups excluding carboxylic acids is 2. The van der Waals surface area contributed by atoms with Crippen LogP contribution in [0.4, 0.5) is 4.79 Å². The molecule has 0 aromatic heterocycles. The second-order valence-electron chi connectivity index (χ2n) is 4.60. The smallest absolute Gasteiger partial charge is 0.321 e. The number of thioether (sulfide) groups is 1. The van der Waals surface area contributed by atoms with Crippen molar-refractivity contribution in [3.05, 3.63) is 30.3 Å². The summed E-state index contributed by atoms with van der Waals surface area (Å²) in [6.07, 6.45) is 4.34. The third kappa shape index (κ3) is 4.95. The molecule has 0 heterocycles. The third-order valence-corrected chi connectivity index (χ3v) is 4.07. The largest absolute Gasteiger partial charge is 0.335 e. The van der Waals surface area contributed by atoms with Crippen LogP contribution in [0.1, 0.15) is 25.7 Å². The van der Waals surface area contributed by atoms with Crippen molar-refractivity contribution in [1.29, 1.82) is 0 Å². The summed E-state index contributed by atoms with van der Waals surface area (Å²) in [5.74, 6) is -0.00778. The molecule has 19 heavy (non-hydrogen) atoms. The lowest BCUT2D eigenvalue weighted by molar-refractivity contribution is -0.117. The molecule has 0 aliphatic heterocycles. The van der Waals surface area contributed by atoms with Gasteiger partial charge in [-0.15, -0.1) is 11.8 Å². The Morgan fingerprint density at radius 1 is 1.16 bits per heavy atom. The van der Waals surface area contributed by atoms with E-state index in [1.165, 1.54) is 11.8 Å². The van der Waals surface area contributed by atoms with Crippen molar-refractivity contribution in [1.82, 2.24) is 10.6 Å². The normalized spacial score (nSPS) is 15.2. The average Bonchev–Trinajstić information content (AvgIpc) is 2.90. The molecule has 0 saturated heterocycles. The van der Waals surface area contributed by atoms with Crippen molar-refractivity contribution in [3.8, 4) is 0 Å². The fourth-order valence-corrected chi connectivity index (χ4v) is 2.84. The topological polar surface area (TPSA) is 58.2 Å². The highest BCUT2D eigenvalue weighted by Gasteiger charge is 2.18. The standard InChI is InChI=1S/C14H18N2O2S/c17-13(10-19-12-8-2-1-3-9-12)16-14(18)15-11-6-4-5-7-11/h1-3,8-9,11H,4-7,10H2,(H2,15,16,17,18). The van der Waals surface area contributed by atoms with E-state index in [9.17, 15) is 9.59 Å². The zero-order valence-electron chi connectivity index (χ0n) is 10.7. The van der Waals surface area contributed by atoms with Crippen molar-refractivity contribution >= 4 is 23.7 Å². The Morgan fingerprint density at radius 3 is 2.53 bits per heavy atom. The second kappa shape index (κ2) is 7.19. The highest BCUT2D eigenvalue weighted by molar-refractivity contribution is 8.00. The Labute approximate surface area is 117 Å². The fourth-order valence-electron chi connectivity index (χ4n) is 2.12. The summed E-state index contributed by atoms with van der Waals surface area (Å²) < 4.78 is 0. The van der Waals surface area contributed by atoms with Crippen LogP contribution in [0.2, 0.25) is 0 Å². The zero-order chi connectivity index (χ0) is 13.5. The molecule has 1 aliphatic rings. The van der Waals surface area contributed by atoms with Gasteiger partial charge in [0.1, 0.15) is 0 Å². The van der Waals surface area contributed by atoms with Gasteiger partial charge in [0.2, 0.25) is 5.91 Å². The van der Waals surface area contributed by atoms with E-state index in [1.54, 1.807) is 0 Å². The second-order valence-corrected chi connectivity index (χ2v) is 5.65. The molecule has 102 valence electrons. The van der Waals surface area contributed by atoms with Gasteiger partial charge < -0.3 is 5.32 Å². The van der Waals surface area contributed by atoms with Gasteiger partial charge in [0, 0.05) is 10.9 Å². The first-order valence-corrected chi connectivity index (χ1v) is 7.51. The van der Waals surface area contributed by atoms with Gasteiger partial charge in [0.15, 0.2) is 0 Å². The molecule has 1 fully saturated rings. The molecule has 4 nitrogen and oxygen atoms in total. The third-order valence-electron chi connectivity index (χ3n) is 3.06. The van der Waals surface area contributed by atoms with E-state index in [1.807, 2.05) is 30.3 Å². The lowest BCUT2D eigenvalue weighted by atomic mass is 10.2. The number of urea groups is 1. The highest BCUT2D eigenvalue weighted by atomic mass is 32.2. The minimum atomic E-state index is -0.370. The predicted molar refractivity (Wildman–Crippen MR) is 76.1 cm³/mol. The molecule has 1 aromatic rings. The Hall–Kier alpha value is -1.49. The summed E-state index contributed by atoms with van der Waals surface area (Å²) in [7, 11) is 0. The molecular weight excluding hydrogens is 260 g/mol. The molecule has 0 spiro atoms. The van der Waals surface area contributed by atoms with Crippen LogP contribution >= 0.6 is 11.8 Å². The van der Waals surface area contributed by atoms with E-state index in [-0.39, 0.29) is 23.7 Å². The summed E-state index contributed by atoms with van der Waals surface area (Å²) in [6.45, 7) is 0. The summed E-state index contributed by atoms with van der Waals surface area (Å²) in [5, 5.41) is 5.20. The number of hydrogen-bond acceptors (Lipinski definition) is 3. The number of amides is 3. The molecule has 2 N–H and O–H groups in total. The van der Waals surface area contributed by atoms with Gasteiger partial charge in [-0.3, -0.25) is 10.1 Å². The van der Waals surface area contributed by atoms with Crippen molar-refractivity contribution in [2.75, 3.05) is 5.75 Å². The molecule has 3 amide bonds. The van der Waals surface area contributed by atoms with Crippen LogP contribution < -0.4 is 10.6 Å². The van der Waals surface area contributed by atoms with E-state index in [0.29, 0.717) is 0 Å². The number of carbonyl (C=O) groups is 2. The molecule has 1 aromatic carbocycles. The van der Waals surface area contributed by atoms with Crippen LogP contribution in [0.25, 0.3) is 0 Å². The maximum Gasteiger partial charge on any atom is 0.321 e. The highest BCUT2D eigenvalue weighted by Crippen LogP contribution is 2.18. The van der Waals surface area contributed by atoms with E-state index in [0.717, 1.165) is 30.6 Å². The Bertz CT molecular complexity index is 430. The monoisotopic (exact) mass is 278 g/mol. The lowest BCUT2D eigenvalue weighted by Gasteiger charge is -2.12. The molecule has 5 heteroatoms. The molecule has 0 radical (unpaired) electrons. The lowest BCUT2D eigenvalue weighted by Crippen LogP contribution is -2.44. The van der Waals surface area contributed by atoms with Gasteiger partial charge in [-0.1, -0.05) is 31.0 Å². The van der Waals surface area contributed by atoms with Crippen molar-refractivity contribution < 1.29 is 9.59 Å². The van der Waals surface area contributed by atoms with Gasteiger partial charge in [-0.05, 0) is 25.0 Å². The number of nitrogens with one attached hydrogen (secondary N) is 2. The average molecular weight is 278 g/mol. The van der Waals surface area contributed by atoms with Gasteiger partial charge in [-0.25, -0.2) is 4.79 Å². The molecule has 1 saturated carbocycles. The Balaban J connectivity index is 1.67. The maximum absolute atomic E-state index is 11.6. The fraction of sp³-hybridized carbons (Fsp3) is 0.429. The summed E-state index contributed by atoms with van der Waals surface area (Å²) in [4.78, 5) is 24.2. The number of hydrogen-bond donors (Lipinski definition) is 2. The van der Waals surface area contributed by atoms with Gasteiger partial charge in [0.05, 0.1) is 5.75 Å². The quantitative estimate of drug-likeness (QED) is 0.832. The number of imide groups is 1. The summed E-state index contributed by atoms with van der Waals surface area (Å²) in [6, 6.07) is 9.52. The van der Waals surface area contributed by atoms with Crippen molar-refractivity contribution in [2.24, 2.45) is 0 Å². The van der Waals surface area contributed by atoms with E-state index in [2.05, 4.69) is 10.6 Å². The minimum absolute atomic E-state index is 0.231. The Morgan fingerprint density at radius 2 is 1.84 bits per heavy atom. The first kappa shape index (κ1) is 13.9. The van der Waals surface area contributed by atoms with Gasteiger partial charge in [0.25, 0.3) is 0 Å². The first-order valence-electron chi connectivity index (χ1n) is 6.52. The molecule has 0 unspecified atom stereocenters. The summed E-state index contributed by atoms with van der Waals surface area (Å²) >= 11 is 1.42. The number of rotatable bonds is 4. The molecule has 0 atom stereocenters.